The van der Waals surface area contributed by atoms with Gasteiger partial charge in [0.15, 0.2) is 5.76 Å². The van der Waals surface area contributed by atoms with Crippen molar-refractivity contribution in [1.29, 1.82) is 0 Å². The van der Waals surface area contributed by atoms with Crippen molar-refractivity contribution in [2.75, 3.05) is 46.1 Å². The molecule has 3 aliphatic heterocycles. The highest BCUT2D eigenvalue weighted by Gasteiger charge is 2.35. The molecule has 32 heavy (non-hydrogen) atoms. The van der Waals surface area contributed by atoms with Gasteiger partial charge >= 0.3 is 0 Å². The third-order valence-corrected chi connectivity index (χ3v) is 6.38. The van der Waals surface area contributed by atoms with Gasteiger partial charge < -0.3 is 14.2 Å². The van der Waals surface area contributed by atoms with E-state index in [1.54, 1.807) is 0 Å². The lowest BCUT2D eigenvalue weighted by Crippen LogP contribution is -2.39. The van der Waals surface area contributed by atoms with E-state index >= 15 is 0 Å². The number of aryl methyl sites for hydroxylation is 2. The minimum Gasteiger partial charge on any atom is -0.478 e. The normalized spacial score (nSPS) is 20.1. The van der Waals surface area contributed by atoms with Gasteiger partial charge in [0.2, 0.25) is 5.78 Å². The van der Waals surface area contributed by atoms with Gasteiger partial charge in [0, 0.05) is 26.2 Å². The fraction of sp³-hybridized carbons (Fsp3) is 0.423. The van der Waals surface area contributed by atoms with Gasteiger partial charge in [-0.15, -0.1) is 0 Å². The molecule has 3 aliphatic rings. The minimum atomic E-state index is -0.0498. The number of hydrogen-bond donors (Lipinski definition) is 0. The number of rotatable bonds is 5. The van der Waals surface area contributed by atoms with Crippen LogP contribution in [0, 0.1) is 13.8 Å². The Hall–Kier alpha value is -2.67. The first kappa shape index (κ1) is 21.2. The monoisotopic (exact) mass is 434 g/mol. The van der Waals surface area contributed by atoms with Crippen molar-refractivity contribution < 1.29 is 19.0 Å². The minimum absolute atomic E-state index is 0.0498. The molecule has 168 valence electrons. The molecule has 0 aliphatic carbocycles. The molecule has 5 rings (SSSR count). The average molecular weight is 435 g/mol. The Bertz CT molecular complexity index is 1060. The smallest absolute Gasteiger partial charge is 0.232 e. The summed E-state index contributed by atoms with van der Waals surface area (Å²) in [5.74, 6) is 1.83. The van der Waals surface area contributed by atoms with Crippen molar-refractivity contribution in [3.8, 4) is 11.5 Å². The second kappa shape index (κ2) is 9.06. The molecule has 6 heteroatoms. The molecule has 3 heterocycles. The molecule has 0 radical (unpaired) electrons. The molecular weight excluding hydrogens is 404 g/mol. The predicted octanol–water partition coefficient (Wildman–Crippen LogP) is 3.79. The first-order chi connectivity index (χ1) is 15.6. The van der Waals surface area contributed by atoms with Gasteiger partial charge in [0.05, 0.1) is 24.3 Å². The highest BCUT2D eigenvalue weighted by Crippen LogP contribution is 2.44. The van der Waals surface area contributed by atoms with E-state index in [-0.39, 0.29) is 5.78 Å². The number of nitrogens with zero attached hydrogens (tertiary/aromatic N) is 2. The molecule has 0 N–H and O–H groups in total. The van der Waals surface area contributed by atoms with Crippen LogP contribution in [0.3, 0.4) is 0 Å². The third-order valence-electron chi connectivity index (χ3n) is 6.38. The summed E-state index contributed by atoms with van der Waals surface area (Å²) in [4.78, 5) is 17.9. The van der Waals surface area contributed by atoms with E-state index in [9.17, 15) is 4.79 Å². The first-order valence-corrected chi connectivity index (χ1v) is 11.4. The second-order valence-corrected chi connectivity index (χ2v) is 8.86. The average Bonchev–Trinajstić information content (AvgIpc) is 3.12. The summed E-state index contributed by atoms with van der Waals surface area (Å²) in [6.45, 7) is 11.0. The summed E-state index contributed by atoms with van der Waals surface area (Å²) in [6, 6.07) is 10.1. The Morgan fingerprint density at radius 2 is 1.88 bits per heavy atom. The van der Waals surface area contributed by atoms with Gasteiger partial charge in [-0.2, -0.15) is 0 Å². The Balaban J connectivity index is 1.32. The fourth-order valence-corrected chi connectivity index (χ4v) is 4.67. The highest BCUT2D eigenvalue weighted by atomic mass is 16.5. The zero-order valence-electron chi connectivity index (χ0n) is 18.9. The van der Waals surface area contributed by atoms with E-state index in [1.807, 2.05) is 50.3 Å². The van der Waals surface area contributed by atoms with Gasteiger partial charge in [-0.3, -0.25) is 14.6 Å². The summed E-state index contributed by atoms with van der Waals surface area (Å²) in [5.41, 5.74) is 4.66. The number of hydrogen-bond acceptors (Lipinski definition) is 6. The van der Waals surface area contributed by atoms with Crippen molar-refractivity contribution in [2.45, 2.75) is 26.8 Å². The molecule has 1 fully saturated rings. The van der Waals surface area contributed by atoms with Gasteiger partial charge in [-0.05, 0) is 50.1 Å². The van der Waals surface area contributed by atoms with Crippen LogP contribution in [0.2, 0.25) is 0 Å². The van der Waals surface area contributed by atoms with E-state index in [1.165, 1.54) is 0 Å². The van der Waals surface area contributed by atoms with Crippen LogP contribution in [0.5, 0.6) is 11.5 Å². The Morgan fingerprint density at radius 3 is 2.69 bits per heavy atom. The van der Waals surface area contributed by atoms with Gasteiger partial charge in [0.1, 0.15) is 18.2 Å². The van der Waals surface area contributed by atoms with Crippen LogP contribution in [0.25, 0.3) is 6.08 Å². The lowest BCUT2D eigenvalue weighted by molar-refractivity contribution is 0.0329. The van der Waals surface area contributed by atoms with Crippen molar-refractivity contribution in [3.63, 3.8) is 0 Å². The van der Waals surface area contributed by atoms with Crippen LogP contribution in [0.4, 0.5) is 0 Å². The second-order valence-electron chi connectivity index (χ2n) is 8.86. The molecular formula is C26H30N2O4. The standard InChI is InChI=1S/C26H30N2O4/c1-18-5-3-6-20(13-18)15-23-25(29)24-19(2)14-22-21(26(24)32-23)16-28(17-31-22)8-4-7-27-9-11-30-12-10-27/h3,5-6,13-15H,4,7-12,16-17H2,1-2H3/b23-15-. The predicted molar refractivity (Wildman–Crippen MR) is 123 cm³/mol. The largest absolute Gasteiger partial charge is 0.478 e. The summed E-state index contributed by atoms with van der Waals surface area (Å²) < 4.78 is 17.7. The Morgan fingerprint density at radius 1 is 1.06 bits per heavy atom. The molecule has 0 unspecified atom stereocenters. The SMILES string of the molecule is Cc1cccc(/C=C2\Oc3c4c(cc(C)c3C2=O)OCN(CCCN2CCOCC2)C4)c1. The number of carbonyl (C=O) groups excluding carboxylic acids is 1. The molecule has 0 aromatic heterocycles. The number of Topliss-reactive ketones (excluding diaryl/α,β-unsaturated/α-hetero) is 1. The Kier molecular flexibility index (Phi) is 6.00. The van der Waals surface area contributed by atoms with Crippen LogP contribution >= 0.6 is 0 Å². The maximum absolute atomic E-state index is 13.2. The molecule has 0 amide bonds. The fourth-order valence-electron chi connectivity index (χ4n) is 4.67. The lowest BCUT2D eigenvalue weighted by atomic mass is 9.98. The van der Waals surface area contributed by atoms with Crippen LogP contribution in [-0.2, 0) is 11.3 Å². The van der Waals surface area contributed by atoms with E-state index in [2.05, 4.69) is 9.80 Å². The van der Waals surface area contributed by atoms with Crippen molar-refractivity contribution in [3.05, 3.63) is 63.9 Å². The van der Waals surface area contributed by atoms with Crippen LogP contribution in [0.1, 0.15) is 39.0 Å². The lowest BCUT2D eigenvalue weighted by Gasteiger charge is -2.31. The maximum Gasteiger partial charge on any atom is 0.232 e. The number of carbonyl (C=O) groups is 1. The van der Waals surface area contributed by atoms with E-state index < -0.39 is 0 Å². The number of allylic oxidation sites excluding steroid dienone is 1. The number of morpholine rings is 1. The third kappa shape index (κ3) is 4.31. The molecule has 0 atom stereocenters. The Labute approximate surface area is 189 Å². The van der Waals surface area contributed by atoms with E-state index in [0.717, 1.165) is 80.4 Å². The summed E-state index contributed by atoms with van der Waals surface area (Å²) in [6.07, 6.45) is 2.91. The molecule has 0 saturated carbocycles. The summed E-state index contributed by atoms with van der Waals surface area (Å²) >= 11 is 0. The van der Waals surface area contributed by atoms with Crippen molar-refractivity contribution in [1.82, 2.24) is 9.80 Å². The molecule has 2 aromatic rings. The van der Waals surface area contributed by atoms with Crippen LogP contribution in [-0.4, -0.2) is 61.7 Å². The summed E-state index contributed by atoms with van der Waals surface area (Å²) in [5, 5.41) is 0. The zero-order valence-corrected chi connectivity index (χ0v) is 18.9. The van der Waals surface area contributed by atoms with Crippen LogP contribution < -0.4 is 9.47 Å². The number of ketones is 1. The molecule has 6 nitrogen and oxygen atoms in total. The molecule has 2 aromatic carbocycles. The topological polar surface area (TPSA) is 51.2 Å². The first-order valence-electron chi connectivity index (χ1n) is 11.4. The maximum atomic E-state index is 13.2. The number of ether oxygens (including phenoxy) is 3. The van der Waals surface area contributed by atoms with Crippen molar-refractivity contribution in [2.24, 2.45) is 0 Å². The van der Waals surface area contributed by atoms with E-state index in [4.69, 9.17) is 14.2 Å². The number of benzene rings is 2. The molecule has 1 saturated heterocycles. The highest BCUT2D eigenvalue weighted by molar-refractivity contribution is 6.15. The van der Waals surface area contributed by atoms with Gasteiger partial charge in [-0.1, -0.05) is 29.8 Å². The van der Waals surface area contributed by atoms with E-state index in [0.29, 0.717) is 23.8 Å². The van der Waals surface area contributed by atoms with Gasteiger partial charge in [-0.25, -0.2) is 0 Å². The number of fused-ring (bicyclic) bond motifs is 3. The van der Waals surface area contributed by atoms with Gasteiger partial charge in [0.25, 0.3) is 0 Å². The molecule has 0 spiro atoms. The quantitative estimate of drug-likeness (QED) is 0.668. The summed E-state index contributed by atoms with van der Waals surface area (Å²) in [7, 11) is 0. The van der Waals surface area contributed by atoms with Crippen LogP contribution in [0.15, 0.2) is 36.1 Å². The molecule has 0 bridgehead atoms. The van der Waals surface area contributed by atoms with Crippen molar-refractivity contribution >= 4 is 11.9 Å². The zero-order chi connectivity index (χ0) is 22.1.